The lowest BCUT2D eigenvalue weighted by molar-refractivity contribution is -0.117. The van der Waals surface area contributed by atoms with E-state index < -0.39 is 0 Å². The first-order valence-electron chi connectivity index (χ1n) is 7.85. The summed E-state index contributed by atoms with van der Waals surface area (Å²) in [5.74, 6) is 0.224. The van der Waals surface area contributed by atoms with E-state index in [1.165, 1.54) is 12.5 Å². The zero-order valence-electron chi connectivity index (χ0n) is 14.1. The Morgan fingerprint density at radius 2 is 1.67 bits per heavy atom. The smallest absolute Gasteiger partial charge is 0.221 e. The Balaban J connectivity index is 0.00000191. The van der Waals surface area contributed by atoms with Gasteiger partial charge in [0.15, 0.2) is 0 Å². The fraction of sp³-hybridized carbons (Fsp3) is 0.556. The molecule has 0 aliphatic rings. The summed E-state index contributed by atoms with van der Waals surface area (Å²) in [6.45, 7) is 9.19. The van der Waals surface area contributed by atoms with Crippen LogP contribution in [0.3, 0.4) is 0 Å². The maximum atomic E-state index is 11.1. The molecule has 1 N–H and O–H groups in total. The van der Waals surface area contributed by atoms with Crippen LogP contribution in [0, 0.1) is 6.92 Å². The third-order valence-corrected chi connectivity index (χ3v) is 2.95. The minimum absolute atomic E-state index is 0.0435. The van der Waals surface area contributed by atoms with Crippen molar-refractivity contribution in [1.29, 1.82) is 0 Å². The lowest BCUT2D eigenvalue weighted by Gasteiger charge is -2.08. The number of nitrogens with one attached hydrogen (secondary N) is 1. The first kappa shape index (κ1) is 19.4. The van der Waals surface area contributed by atoms with Gasteiger partial charge in [0.1, 0.15) is 5.78 Å². The van der Waals surface area contributed by atoms with Crippen LogP contribution >= 0.6 is 0 Å². The molecule has 0 aliphatic carbocycles. The van der Waals surface area contributed by atoms with Gasteiger partial charge in [0.05, 0.1) is 0 Å². The molecule has 0 heterocycles. The Bertz CT molecular complexity index is 453. The van der Waals surface area contributed by atoms with E-state index in [0.29, 0.717) is 6.42 Å². The van der Waals surface area contributed by atoms with Crippen LogP contribution in [-0.2, 0) is 16.0 Å². The van der Waals surface area contributed by atoms with Gasteiger partial charge >= 0.3 is 0 Å². The molecule has 0 unspecified atom stereocenters. The van der Waals surface area contributed by atoms with E-state index in [9.17, 15) is 9.59 Å². The predicted octanol–water partition coefficient (Wildman–Crippen LogP) is 4.67. The highest BCUT2D eigenvalue weighted by atomic mass is 16.1. The third kappa shape index (κ3) is 9.83. The SMILES string of the molecule is CC.CC(=O)CCCCCc1cc(C)cc(NC(C)=O)c1. The second-order valence-electron chi connectivity index (χ2n) is 5.15. The van der Waals surface area contributed by atoms with Gasteiger partial charge in [0, 0.05) is 19.0 Å². The van der Waals surface area contributed by atoms with E-state index in [1.807, 2.05) is 32.9 Å². The number of unbranched alkanes of at least 4 members (excludes halogenated alkanes) is 2. The van der Waals surface area contributed by atoms with Gasteiger partial charge in [-0.3, -0.25) is 4.79 Å². The van der Waals surface area contributed by atoms with Crippen molar-refractivity contribution in [2.45, 2.75) is 66.7 Å². The quantitative estimate of drug-likeness (QED) is 0.742. The molecule has 1 aromatic carbocycles. The average Bonchev–Trinajstić information content (AvgIpc) is 2.38. The molecular formula is C18H29NO2. The number of anilines is 1. The maximum Gasteiger partial charge on any atom is 0.221 e. The van der Waals surface area contributed by atoms with Crippen LogP contribution in [0.4, 0.5) is 5.69 Å². The lowest BCUT2D eigenvalue weighted by Crippen LogP contribution is -2.06. The highest BCUT2D eigenvalue weighted by Crippen LogP contribution is 2.17. The summed E-state index contributed by atoms with van der Waals surface area (Å²) in [7, 11) is 0. The molecule has 21 heavy (non-hydrogen) atoms. The van der Waals surface area contributed by atoms with Crippen molar-refractivity contribution in [2.24, 2.45) is 0 Å². The van der Waals surface area contributed by atoms with E-state index in [1.54, 1.807) is 6.92 Å². The summed E-state index contributed by atoms with van der Waals surface area (Å²) in [4.78, 5) is 21.9. The number of hydrogen-bond acceptors (Lipinski definition) is 2. The number of benzene rings is 1. The number of carbonyl (C=O) groups excluding carboxylic acids is 2. The monoisotopic (exact) mass is 291 g/mol. The van der Waals surface area contributed by atoms with Crippen LogP contribution < -0.4 is 5.32 Å². The van der Waals surface area contributed by atoms with Gasteiger partial charge in [0.2, 0.25) is 5.91 Å². The van der Waals surface area contributed by atoms with Crippen LogP contribution in [0.5, 0.6) is 0 Å². The van der Waals surface area contributed by atoms with Gasteiger partial charge in [0.25, 0.3) is 0 Å². The summed E-state index contributed by atoms with van der Waals surface area (Å²) in [5.41, 5.74) is 3.27. The number of amides is 1. The van der Waals surface area contributed by atoms with Crippen molar-refractivity contribution in [3.05, 3.63) is 29.3 Å². The third-order valence-electron chi connectivity index (χ3n) is 2.95. The average molecular weight is 291 g/mol. The standard InChI is InChI=1S/C16H23NO2.C2H6/c1-12-9-15(8-6-4-5-7-13(2)18)11-16(10-12)17-14(3)19;1-2/h9-11H,4-8H2,1-3H3,(H,17,19);1-2H3. The zero-order chi connectivity index (χ0) is 16.3. The number of rotatable bonds is 7. The molecule has 118 valence electrons. The van der Waals surface area contributed by atoms with E-state index in [2.05, 4.69) is 11.4 Å². The Morgan fingerprint density at radius 1 is 1.00 bits per heavy atom. The van der Waals surface area contributed by atoms with Gasteiger partial charge in [-0.25, -0.2) is 0 Å². The molecule has 0 aromatic heterocycles. The fourth-order valence-corrected chi connectivity index (χ4v) is 2.16. The van der Waals surface area contributed by atoms with Gasteiger partial charge < -0.3 is 10.1 Å². The second kappa shape index (κ2) is 11.1. The van der Waals surface area contributed by atoms with Crippen molar-refractivity contribution in [2.75, 3.05) is 5.32 Å². The molecule has 1 aromatic rings. The normalized spacial score (nSPS) is 9.57. The first-order valence-corrected chi connectivity index (χ1v) is 7.85. The molecule has 0 atom stereocenters. The van der Waals surface area contributed by atoms with E-state index in [4.69, 9.17) is 0 Å². The Morgan fingerprint density at radius 3 is 2.24 bits per heavy atom. The molecule has 0 fully saturated rings. The molecular weight excluding hydrogens is 262 g/mol. The number of aryl methyl sites for hydroxylation is 2. The topological polar surface area (TPSA) is 46.2 Å². The van der Waals surface area contributed by atoms with Crippen LogP contribution in [0.1, 0.15) is 64.5 Å². The van der Waals surface area contributed by atoms with Crippen LogP contribution in [0.15, 0.2) is 18.2 Å². The lowest BCUT2D eigenvalue weighted by atomic mass is 10.0. The van der Waals surface area contributed by atoms with E-state index in [0.717, 1.165) is 36.9 Å². The summed E-state index contributed by atoms with van der Waals surface area (Å²) >= 11 is 0. The van der Waals surface area contributed by atoms with E-state index in [-0.39, 0.29) is 11.7 Å². The molecule has 1 rings (SSSR count). The molecule has 0 saturated carbocycles. The molecule has 0 bridgehead atoms. The zero-order valence-corrected chi connectivity index (χ0v) is 14.1. The molecule has 0 saturated heterocycles. The minimum atomic E-state index is -0.0435. The van der Waals surface area contributed by atoms with Crippen molar-refractivity contribution in [3.63, 3.8) is 0 Å². The van der Waals surface area contributed by atoms with Crippen LogP contribution in [-0.4, -0.2) is 11.7 Å². The fourth-order valence-electron chi connectivity index (χ4n) is 2.16. The molecule has 0 spiro atoms. The predicted molar refractivity (Wildman–Crippen MR) is 89.7 cm³/mol. The van der Waals surface area contributed by atoms with Crippen LogP contribution in [0.2, 0.25) is 0 Å². The van der Waals surface area contributed by atoms with Gasteiger partial charge in [-0.05, 0) is 56.4 Å². The van der Waals surface area contributed by atoms with Gasteiger partial charge in [-0.1, -0.05) is 26.3 Å². The summed E-state index contributed by atoms with van der Waals surface area (Å²) in [5, 5.41) is 2.82. The minimum Gasteiger partial charge on any atom is -0.326 e. The summed E-state index contributed by atoms with van der Waals surface area (Å²) < 4.78 is 0. The Kier molecular flexibility index (Phi) is 10.2. The van der Waals surface area contributed by atoms with Crippen molar-refractivity contribution >= 4 is 17.4 Å². The van der Waals surface area contributed by atoms with Gasteiger partial charge in [-0.15, -0.1) is 0 Å². The molecule has 0 radical (unpaired) electrons. The maximum absolute atomic E-state index is 11.1. The van der Waals surface area contributed by atoms with E-state index >= 15 is 0 Å². The molecule has 3 heteroatoms. The van der Waals surface area contributed by atoms with Crippen molar-refractivity contribution in [1.82, 2.24) is 0 Å². The van der Waals surface area contributed by atoms with Crippen molar-refractivity contribution < 1.29 is 9.59 Å². The number of carbonyl (C=O) groups is 2. The number of Topliss-reactive ketones (excluding diaryl/α,β-unsaturated/α-hetero) is 1. The first-order chi connectivity index (χ1) is 9.97. The molecule has 1 amide bonds. The van der Waals surface area contributed by atoms with Crippen LogP contribution in [0.25, 0.3) is 0 Å². The summed E-state index contributed by atoms with van der Waals surface area (Å²) in [6.07, 6.45) is 4.80. The molecule has 3 nitrogen and oxygen atoms in total. The second-order valence-corrected chi connectivity index (χ2v) is 5.15. The number of hydrogen-bond donors (Lipinski definition) is 1. The number of ketones is 1. The van der Waals surface area contributed by atoms with Crippen molar-refractivity contribution in [3.8, 4) is 0 Å². The highest BCUT2D eigenvalue weighted by molar-refractivity contribution is 5.88. The Hall–Kier alpha value is -1.64. The largest absolute Gasteiger partial charge is 0.326 e. The summed E-state index contributed by atoms with van der Waals surface area (Å²) in [6, 6.07) is 6.15. The highest BCUT2D eigenvalue weighted by Gasteiger charge is 2.01. The Labute approximate surface area is 129 Å². The molecule has 0 aliphatic heterocycles. The van der Waals surface area contributed by atoms with Gasteiger partial charge in [-0.2, -0.15) is 0 Å².